The first kappa shape index (κ1) is 15.8. The summed E-state index contributed by atoms with van der Waals surface area (Å²) in [7, 11) is 0. The van der Waals surface area contributed by atoms with Crippen LogP contribution in [0.25, 0.3) is 0 Å². The largest absolute Gasteiger partial charge is 0.332 e. The maximum Gasteiger partial charge on any atom is 0.274 e. The van der Waals surface area contributed by atoms with Gasteiger partial charge in [0, 0.05) is 18.4 Å². The van der Waals surface area contributed by atoms with Crippen molar-refractivity contribution in [2.24, 2.45) is 0 Å². The third-order valence-corrected chi connectivity index (χ3v) is 4.42. The van der Waals surface area contributed by atoms with Crippen molar-refractivity contribution in [1.82, 2.24) is 24.9 Å². The van der Waals surface area contributed by atoms with Gasteiger partial charge in [-0.15, -0.1) is 0 Å². The van der Waals surface area contributed by atoms with Crippen LogP contribution in [-0.2, 0) is 13.0 Å². The molecule has 2 aromatic rings. The standard InChI is InChI=1S/C17H25N5O/c1-3-6-14-9-16(20-19-14)17(23)22-8-5-4-7-15(22)12-21-11-13(2)10-18-21/h9-11,15H,3-8,12H2,1-2H3,(H,19,20)/t15-/m1/s1. The van der Waals surface area contributed by atoms with Gasteiger partial charge in [0.25, 0.3) is 5.91 Å². The Morgan fingerprint density at radius 1 is 1.43 bits per heavy atom. The van der Waals surface area contributed by atoms with Crippen molar-refractivity contribution in [3.05, 3.63) is 35.4 Å². The molecule has 3 rings (SSSR count). The Morgan fingerprint density at radius 3 is 3.04 bits per heavy atom. The van der Waals surface area contributed by atoms with Crippen LogP contribution in [0.5, 0.6) is 0 Å². The molecule has 1 amide bonds. The highest BCUT2D eigenvalue weighted by molar-refractivity contribution is 5.92. The van der Waals surface area contributed by atoms with E-state index in [-0.39, 0.29) is 11.9 Å². The van der Waals surface area contributed by atoms with Gasteiger partial charge in [0.2, 0.25) is 0 Å². The number of rotatable bonds is 5. The molecule has 2 aromatic heterocycles. The Labute approximate surface area is 136 Å². The highest BCUT2D eigenvalue weighted by Crippen LogP contribution is 2.21. The minimum Gasteiger partial charge on any atom is -0.332 e. The van der Waals surface area contributed by atoms with Gasteiger partial charge in [-0.2, -0.15) is 10.2 Å². The number of likely N-dealkylation sites (tertiary alicyclic amines) is 1. The first-order valence-corrected chi connectivity index (χ1v) is 8.51. The zero-order valence-corrected chi connectivity index (χ0v) is 14.0. The van der Waals surface area contributed by atoms with E-state index in [2.05, 4.69) is 22.2 Å². The van der Waals surface area contributed by atoms with Gasteiger partial charge in [-0.05, 0) is 44.2 Å². The number of amides is 1. The third kappa shape index (κ3) is 3.63. The third-order valence-electron chi connectivity index (χ3n) is 4.42. The number of hydrogen-bond acceptors (Lipinski definition) is 3. The summed E-state index contributed by atoms with van der Waals surface area (Å²) in [5.41, 5.74) is 2.72. The number of nitrogens with zero attached hydrogens (tertiary/aromatic N) is 4. The quantitative estimate of drug-likeness (QED) is 0.922. The molecular formula is C17H25N5O. The molecule has 1 saturated heterocycles. The summed E-state index contributed by atoms with van der Waals surface area (Å²) >= 11 is 0. The lowest BCUT2D eigenvalue weighted by molar-refractivity contribution is 0.0578. The van der Waals surface area contributed by atoms with Crippen molar-refractivity contribution < 1.29 is 4.79 Å². The second-order valence-corrected chi connectivity index (χ2v) is 6.42. The number of piperidine rings is 1. The Bertz CT molecular complexity index is 659. The number of hydrogen-bond donors (Lipinski definition) is 1. The zero-order valence-electron chi connectivity index (χ0n) is 14.0. The molecule has 6 heteroatoms. The lowest BCUT2D eigenvalue weighted by atomic mass is 10.0. The monoisotopic (exact) mass is 315 g/mol. The highest BCUT2D eigenvalue weighted by atomic mass is 16.2. The topological polar surface area (TPSA) is 66.8 Å². The lowest BCUT2D eigenvalue weighted by Crippen LogP contribution is -2.46. The molecule has 0 aromatic carbocycles. The number of aromatic nitrogens is 4. The minimum atomic E-state index is 0.0391. The maximum absolute atomic E-state index is 12.8. The fourth-order valence-corrected chi connectivity index (χ4v) is 3.26. The van der Waals surface area contributed by atoms with Crippen molar-refractivity contribution in [3.8, 4) is 0 Å². The van der Waals surface area contributed by atoms with Crippen molar-refractivity contribution >= 4 is 5.91 Å². The Balaban J connectivity index is 1.73. The van der Waals surface area contributed by atoms with E-state index in [1.165, 1.54) is 0 Å². The van der Waals surface area contributed by atoms with Crippen LogP contribution in [-0.4, -0.2) is 43.4 Å². The first-order chi connectivity index (χ1) is 11.2. The minimum absolute atomic E-state index is 0.0391. The molecule has 1 atom stereocenters. The van der Waals surface area contributed by atoms with Crippen molar-refractivity contribution in [3.63, 3.8) is 0 Å². The highest BCUT2D eigenvalue weighted by Gasteiger charge is 2.29. The first-order valence-electron chi connectivity index (χ1n) is 8.51. The predicted molar refractivity (Wildman–Crippen MR) is 88.2 cm³/mol. The van der Waals surface area contributed by atoms with Crippen LogP contribution in [0.4, 0.5) is 0 Å². The Hall–Kier alpha value is -2.11. The fourth-order valence-electron chi connectivity index (χ4n) is 3.26. The van der Waals surface area contributed by atoms with E-state index in [9.17, 15) is 4.79 Å². The van der Waals surface area contributed by atoms with Gasteiger partial charge < -0.3 is 4.90 Å². The molecule has 0 radical (unpaired) electrons. The van der Waals surface area contributed by atoms with E-state index >= 15 is 0 Å². The molecule has 23 heavy (non-hydrogen) atoms. The van der Waals surface area contributed by atoms with Crippen LogP contribution in [0.15, 0.2) is 18.5 Å². The van der Waals surface area contributed by atoms with Crippen LogP contribution in [0, 0.1) is 6.92 Å². The van der Waals surface area contributed by atoms with Gasteiger partial charge in [-0.25, -0.2) is 0 Å². The number of aromatic amines is 1. The molecule has 6 nitrogen and oxygen atoms in total. The van der Waals surface area contributed by atoms with E-state index in [4.69, 9.17) is 0 Å². The van der Waals surface area contributed by atoms with E-state index in [0.717, 1.165) is 56.5 Å². The molecule has 1 aliphatic heterocycles. The average Bonchev–Trinajstić information content (AvgIpc) is 3.17. The molecule has 1 fully saturated rings. The molecule has 3 heterocycles. The number of carbonyl (C=O) groups excluding carboxylic acids is 1. The lowest BCUT2D eigenvalue weighted by Gasteiger charge is -2.35. The van der Waals surface area contributed by atoms with Crippen LogP contribution in [0.3, 0.4) is 0 Å². The average molecular weight is 315 g/mol. The van der Waals surface area contributed by atoms with Crippen LogP contribution >= 0.6 is 0 Å². The van der Waals surface area contributed by atoms with E-state index in [1.54, 1.807) is 0 Å². The summed E-state index contributed by atoms with van der Waals surface area (Å²) < 4.78 is 1.94. The number of nitrogens with one attached hydrogen (secondary N) is 1. The van der Waals surface area contributed by atoms with E-state index < -0.39 is 0 Å². The number of H-pyrrole nitrogens is 1. The molecule has 0 spiro atoms. The molecule has 124 valence electrons. The second-order valence-electron chi connectivity index (χ2n) is 6.42. The van der Waals surface area contributed by atoms with Gasteiger partial charge >= 0.3 is 0 Å². The molecule has 0 saturated carbocycles. The van der Waals surface area contributed by atoms with Gasteiger partial charge in [0.15, 0.2) is 0 Å². The molecule has 0 aliphatic carbocycles. The molecule has 1 N–H and O–H groups in total. The SMILES string of the molecule is CCCc1cc(C(=O)N2CCCC[C@@H]2Cn2cc(C)cn2)n[nH]1. The van der Waals surface area contributed by atoms with Crippen molar-refractivity contribution in [1.29, 1.82) is 0 Å². The normalized spacial score (nSPS) is 18.3. The molecule has 1 aliphatic rings. The molecular weight excluding hydrogens is 290 g/mol. The summed E-state index contributed by atoms with van der Waals surface area (Å²) in [6, 6.07) is 2.09. The summed E-state index contributed by atoms with van der Waals surface area (Å²) in [4.78, 5) is 14.8. The maximum atomic E-state index is 12.8. The van der Waals surface area contributed by atoms with Gasteiger partial charge in [-0.3, -0.25) is 14.6 Å². The Kier molecular flexibility index (Phi) is 4.79. The van der Waals surface area contributed by atoms with Crippen LogP contribution in [0.2, 0.25) is 0 Å². The van der Waals surface area contributed by atoms with Crippen molar-refractivity contribution in [2.75, 3.05) is 6.54 Å². The number of carbonyl (C=O) groups is 1. The summed E-state index contributed by atoms with van der Waals surface area (Å²) in [5, 5.41) is 11.6. The molecule has 0 unspecified atom stereocenters. The second kappa shape index (κ2) is 6.98. The van der Waals surface area contributed by atoms with Gasteiger partial charge in [-0.1, -0.05) is 13.3 Å². The fraction of sp³-hybridized carbons (Fsp3) is 0.588. The Morgan fingerprint density at radius 2 is 2.30 bits per heavy atom. The smallest absolute Gasteiger partial charge is 0.274 e. The molecule has 0 bridgehead atoms. The summed E-state index contributed by atoms with van der Waals surface area (Å²) in [6.07, 6.45) is 9.11. The predicted octanol–water partition coefficient (Wildman–Crippen LogP) is 2.56. The van der Waals surface area contributed by atoms with E-state index in [0.29, 0.717) is 5.69 Å². The van der Waals surface area contributed by atoms with Crippen molar-refractivity contribution in [2.45, 2.75) is 58.5 Å². The number of aryl methyl sites for hydroxylation is 2. The summed E-state index contributed by atoms with van der Waals surface area (Å²) in [6.45, 7) is 5.72. The van der Waals surface area contributed by atoms with Gasteiger partial charge in [0.1, 0.15) is 5.69 Å². The van der Waals surface area contributed by atoms with E-state index in [1.807, 2.05) is 35.0 Å². The van der Waals surface area contributed by atoms with Gasteiger partial charge in [0.05, 0.1) is 18.8 Å². The summed E-state index contributed by atoms with van der Waals surface area (Å²) in [5.74, 6) is 0.0391. The zero-order chi connectivity index (χ0) is 16.2. The van der Waals surface area contributed by atoms with Crippen LogP contribution in [0.1, 0.15) is 54.4 Å². The van der Waals surface area contributed by atoms with Crippen LogP contribution < -0.4 is 0 Å².